The summed E-state index contributed by atoms with van der Waals surface area (Å²) in [5.74, 6) is 3.16. The van der Waals surface area contributed by atoms with Crippen molar-refractivity contribution in [2.24, 2.45) is 0 Å². The molecule has 1 aromatic heterocycles. The molecule has 0 saturated carbocycles. The number of anilines is 1. The molecule has 0 radical (unpaired) electrons. The van der Waals surface area contributed by atoms with Gasteiger partial charge < -0.3 is 34.3 Å². The Labute approximate surface area is 258 Å². The van der Waals surface area contributed by atoms with E-state index in [1.807, 2.05) is 49.4 Å². The first-order valence-electron chi connectivity index (χ1n) is 14.6. The molecule has 1 aliphatic heterocycles. The molecule has 4 aromatic rings. The van der Waals surface area contributed by atoms with Gasteiger partial charge in [-0.3, -0.25) is 9.88 Å². The van der Waals surface area contributed by atoms with Crippen LogP contribution < -0.4 is 34.3 Å². The predicted molar refractivity (Wildman–Crippen MR) is 171 cm³/mol. The number of aromatic nitrogens is 1. The lowest BCUT2D eigenvalue weighted by Gasteiger charge is -2.38. The number of carbonyl (C=O) groups is 1. The van der Waals surface area contributed by atoms with Gasteiger partial charge in [0, 0.05) is 31.1 Å². The molecular weight excluding hydrogens is 560 g/mol. The zero-order chi connectivity index (χ0) is 31.2. The zero-order valence-corrected chi connectivity index (χ0v) is 26.2. The molecular formula is C34H40N4O6. The van der Waals surface area contributed by atoms with Crippen LogP contribution in [0.4, 0.5) is 10.5 Å². The van der Waals surface area contributed by atoms with Crippen LogP contribution >= 0.6 is 0 Å². The van der Waals surface area contributed by atoms with E-state index in [0.717, 1.165) is 40.7 Å². The van der Waals surface area contributed by atoms with E-state index in [1.165, 1.54) is 5.56 Å². The number of carbonyl (C=O) groups excluding carboxylic acids is 1. The molecule has 44 heavy (non-hydrogen) atoms. The van der Waals surface area contributed by atoms with Crippen molar-refractivity contribution in [2.75, 3.05) is 60.5 Å². The van der Waals surface area contributed by atoms with Gasteiger partial charge in [-0.15, -0.1) is 0 Å². The van der Waals surface area contributed by atoms with E-state index in [4.69, 9.17) is 23.7 Å². The van der Waals surface area contributed by atoms with Gasteiger partial charge in [0.15, 0.2) is 23.0 Å². The summed E-state index contributed by atoms with van der Waals surface area (Å²) >= 11 is 0. The van der Waals surface area contributed by atoms with Crippen LogP contribution in [0.2, 0.25) is 0 Å². The van der Waals surface area contributed by atoms with Crippen LogP contribution in [0.25, 0.3) is 10.9 Å². The first-order valence-corrected chi connectivity index (χ1v) is 14.6. The number of urea groups is 1. The second kappa shape index (κ2) is 13.7. The van der Waals surface area contributed by atoms with Gasteiger partial charge in [-0.2, -0.15) is 0 Å². The third kappa shape index (κ3) is 6.45. The van der Waals surface area contributed by atoms with Crippen molar-refractivity contribution in [3.63, 3.8) is 0 Å². The van der Waals surface area contributed by atoms with Gasteiger partial charge in [0.2, 0.25) is 5.75 Å². The molecule has 0 bridgehead atoms. The molecule has 5 rings (SSSR count). The number of rotatable bonds is 11. The molecule has 1 unspecified atom stereocenters. The second-order valence-corrected chi connectivity index (χ2v) is 10.6. The second-order valence-electron chi connectivity index (χ2n) is 10.6. The Kier molecular flexibility index (Phi) is 9.59. The first-order chi connectivity index (χ1) is 21.4. The highest BCUT2D eigenvalue weighted by atomic mass is 16.5. The highest BCUT2D eigenvalue weighted by molar-refractivity contribution is 5.93. The largest absolute Gasteiger partial charge is 0.493 e. The monoisotopic (exact) mass is 600 g/mol. The summed E-state index contributed by atoms with van der Waals surface area (Å²) in [5, 5.41) is 6.98. The Morgan fingerprint density at radius 1 is 0.886 bits per heavy atom. The topological polar surface area (TPSA) is 103 Å². The van der Waals surface area contributed by atoms with E-state index in [-0.39, 0.29) is 12.1 Å². The number of hydrogen-bond donors (Lipinski definition) is 2. The Morgan fingerprint density at radius 2 is 1.57 bits per heavy atom. The van der Waals surface area contributed by atoms with Crippen LogP contribution in [0.15, 0.2) is 54.6 Å². The molecule has 1 atom stereocenters. The van der Waals surface area contributed by atoms with Crippen molar-refractivity contribution in [2.45, 2.75) is 25.8 Å². The first kappa shape index (κ1) is 30.7. The number of pyridine rings is 1. The van der Waals surface area contributed by atoms with Crippen molar-refractivity contribution in [1.82, 2.24) is 15.2 Å². The standard InChI is InChI=1S/C34H40N4O6/c1-21-27(18-24-9-7-8-10-26(24)36-21)37-34(39)35-12-14-38-13-11-23-19-29(40-2)30(41-3)20-25(23)28(38)15-22-16-31(42-4)33(44-6)32(17-22)43-5/h7-10,16-20,28H,11-15H2,1-6H3,(H2,35,37,39). The number of fused-ring (bicyclic) bond motifs is 2. The number of nitrogens with one attached hydrogen (secondary N) is 2. The summed E-state index contributed by atoms with van der Waals surface area (Å²) in [7, 11) is 8.13. The van der Waals surface area contributed by atoms with E-state index in [0.29, 0.717) is 53.9 Å². The van der Waals surface area contributed by atoms with Gasteiger partial charge >= 0.3 is 6.03 Å². The average molecular weight is 601 g/mol. The number of nitrogens with zero attached hydrogens (tertiary/aromatic N) is 2. The van der Waals surface area contributed by atoms with Gasteiger partial charge in [0.05, 0.1) is 52.4 Å². The van der Waals surface area contributed by atoms with E-state index in [2.05, 4.69) is 32.7 Å². The van der Waals surface area contributed by atoms with Gasteiger partial charge in [-0.25, -0.2) is 4.79 Å². The third-order valence-electron chi connectivity index (χ3n) is 8.11. The number of ether oxygens (including phenoxy) is 5. The minimum Gasteiger partial charge on any atom is -0.493 e. The van der Waals surface area contributed by atoms with Crippen LogP contribution in [0.3, 0.4) is 0 Å². The van der Waals surface area contributed by atoms with Crippen LogP contribution in [-0.4, -0.2) is 71.1 Å². The van der Waals surface area contributed by atoms with E-state index < -0.39 is 0 Å². The lowest BCUT2D eigenvalue weighted by Crippen LogP contribution is -2.42. The normalized spacial score (nSPS) is 14.5. The number of hydrogen-bond acceptors (Lipinski definition) is 8. The molecule has 0 fully saturated rings. The van der Waals surface area contributed by atoms with Gasteiger partial charge in [0.25, 0.3) is 0 Å². The van der Waals surface area contributed by atoms with E-state index in [1.54, 1.807) is 35.5 Å². The molecule has 0 saturated heterocycles. The fourth-order valence-corrected chi connectivity index (χ4v) is 5.88. The molecule has 2 amide bonds. The van der Waals surface area contributed by atoms with Gasteiger partial charge in [0.1, 0.15) is 0 Å². The summed E-state index contributed by atoms with van der Waals surface area (Å²) in [6.07, 6.45) is 1.52. The van der Waals surface area contributed by atoms with E-state index in [9.17, 15) is 4.79 Å². The number of amides is 2. The molecule has 10 nitrogen and oxygen atoms in total. The van der Waals surface area contributed by atoms with Crippen molar-refractivity contribution >= 4 is 22.6 Å². The maximum Gasteiger partial charge on any atom is 0.319 e. The van der Waals surface area contributed by atoms with E-state index >= 15 is 0 Å². The zero-order valence-electron chi connectivity index (χ0n) is 26.2. The third-order valence-corrected chi connectivity index (χ3v) is 8.11. The van der Waals surface area contributed by atoms with Crippen molar-refractivity contribution in [1.29, 1.82) is 0 Å². The highest BCUT2D eigenvalue weighted by Crippen LogP contribution is 2.42. The number of aryl methyl sites for hydroxylation is 1. The Balaban J connectivity index is 1.36. The fraction of sp³-hybridized carbons (Fsp3) is 0.353. The predicted octanol–water partition coefficient (Wildman–Crippen LogP) is 5.55. The molecule has 10 heteroatoms. The van der Waals surface area contributed by atoms with Crippen molar-refractivity contribution < 1.29 is 28.5 Å². The maximum atomic E-state index is 12.9. The Hall–Kier alpha value is -4.70. The maximum absolute atomic E-state index is 12.9. The quantitative estimate of drug-likeness (QED) is 0.231. The van der Waals surface area contributed by atoms with Crippen LogP contribution in [0.5, 0.6) is 28.7 Å². The molecule has 0 aliphatic carbocycles. The van der Waals surface area contributed by atoms with Crippen LogP contribution in [0.1, 0.15) is 28.4 Å². The lowest BCUT2D eigenvalue weighted by atomic mass is 9.88. The number of methoxy groups -OCH3 is 5. The molecule has 0 spiro atoms. The van der Waals surface area contributed by atoms with Crippen LogP contribution in [-0.2, 0) is 12.8 Å². The van der Waals surface area contributed by atoms with Crippen molar-refractivity contribution in [3.8, 4) is 28.7 Å². The summed E-state index contributed by atoms with van der Waals surface area (Å²) in [6, 6.07) is 17.6. The molecule has 1 aliphatic rings. The van der Waals surface area contributed by atoms with Gasteiger partial charge in [-0.1, -0.05) is 18.2 Å². The smallest absolute Gasteiger partial charge is 0.319 e. The highest BCUT2D eigenvalue weighted by Gasteiger charge is 2.30. The summed E-state index contributed by atoms with van der Waals surface area (Å²) in [6.45, 7) is 3.81. The summed E-state index contributed by atoms with van der Waals surface area (Å²) in [4.78, 5) is 19.9. The number of benzene rings is 3. The molecule has 232 valence electrons. The van der Waals surface area contributed by atoms with Gasteiger partial charge in [-0.05, 0) is 72.9 Å². The SMILES string of the molecule is COc1cc2c(cc1OC)C(Cc1cc(OC)c(OC)c(OC)c1)N(CCNC(=O)Nc1cc3ccccc3nc1C)CC2. The lowest BCUT2D eigenvalue weighted by molar-refractivity contribution is 0.183. The van der Waals surface area contributed by atoms with Crippen LogP contribution in [0, 0.1) is 6.92 Å². The molecule has 2 N–H and O–H groups in total. The Morgan fingerprint density at radius 3 is 2.25 bits per heavy atom. The summed E-state index contributed by atoms with van der Waals surface area (Å²) in [5.41, 5.74) is 5.75. The summed E-state index contributed by atoms with van der Waals surface area (Å²) < 4.78 is 28.1. The number of para-hydroxylation sites is 1. The molecule has 3 aromatic carbocycles. The minimum absolute atomic E-state index is 0.00171. The molecule has 2 heterocycles. The average Bonchev–Trinajstić information content (AvgIpc) is 3.04. The minimum atomic E-state index is -0.268. The van der Waals surface area contributed by atoms with Crippen molar-refractivity contribution in [3.05, 3.63) is 77.0 Å². The fourth-order valence-electron chi connectivity index (χ4n) is 5.88. The Bertz CT molecular complexity index is 1620.